The van der Waals surface area contributed by atoms with Crippen molar-refractivity contribution in [2.45, 2.75) is 200 Å². The summed E-state index contributed by atoms with van der Waals surface area (Å²) < 4.78 is 0. The quantitative estimate of drug-likeness (QED) is 0.0908. The predicted molar refractivity (Wildman–Crippen MR) is 168 cm³/mol. The van der Waals surface area contributed by atoms with Crippen LogP contribution in [0.1, 0.15) is 194 Å². The van der Waals surface area contributed by atoms with E-state index in [-0.39, 0.29) is 0 Å². The first kappa shape index (κ1) is 34.4. The van der Waals surface area contributed by atoms with E-state index < -0.39 is 0 Å². The van der Waals surface area contributed by atoms with Gasteiger partial charge in [-0.3, -0.25) is 0 Å². The molecule has 1 atom stereocenters. The lowest BCUT2D eigenvalue weighted by molar-refractivity contribution is 0.135. The van der Waals surface area contributed by atoms with Gasteiger partial charge < -0.3 is 9.80 Å². The third kappa shape index (κ3) is 20.0. The van der Waals surface area contributed by atoms with Gasteiger partial charge in [-0.15, -0.1) is 0 Å². The third-order valence-electron chi connectivity index (χ3n) is 8.57. The highest BCUT2D eigenvalue weighted by atomic mass is 15.4. The first-order valence-electron chi connectivity index (χ1n) is 17.5. The summed E-state index contributed by atoms with van der Waals surface area (Å²) in [7, 11) is 0. The number of hydrogen-bond acceptors (Lipinski definition) is 2. The van der Waals surface area contributed by atoms with Gasteiger partial charge >= 0.3 is 0 Å². The molecule has 1 heterocycles. The highest BCUT2D eigenvalue weighted by Gasteiger charge is 2.24. The molecule has 0 aliphatic carbocycles. The average Bonchev–Trinajstić information content (AvgIpc) is 3.29. The molecule has 0 N–H and O–H groups in total. The minimum Gasteiger partial charge on any atom is -0.356 e. The SMILES string of the molecule is CCCCCCCCCCCCCC1N(CCCCCCCC)C=CN1CCCCCCCCCCC. The molecule has 1 aliphatic heterocycles. The maximum atomic E-state index is 2.70. The van der Waals surface area contributed by atoms with Crippen molar-refractivity contribution in [1.82, 2.24) is 9.80 Å². The summed E-state index contributed by atoms with van der Waals surface area (Å²) in [6.07, 6.45) is 44.0. The third-order valence-corrected chi connectivity index (χ3v) is 8.57. The molecule has 2 nitrogen and oxygen atoms in total. The van der Waals surface area contributed by atoms with Crippen LogP contribution in [-0.4, -0.2) is 29.1 Å². The summed E-state index contributed by atoms with van der Waals surface area (Å²) in [5, 5.41) is 0. The van der Waals surface area contributed by atoms with Crippen LogP contribution in [0.5, 0.6) is 0 Å². The predicted octanol–water partition coefficient (Wildman–Crippen LogP) is 12.0. The minimum atomic E-state index is 0.642. The Kier molecular flexibility index (Phi) is 25.0. The number of rotatable bonds is 29. The second-order valence-electron chi connectivity index (χ2n) is 12.2. The molecule has 0 amide bonds. The van der Waals surface area contributed by atoms with Gasteiger partial charge in [0.2, 0.25) is 0 Å². The maximum Gasteiger partial charge on any atom is 0.101 e. The average molecular weight is 519 g/mol. The second kappa shape index (κ2) is 26.9. The lowest BCUT2D eigenvalue weighted by Crippen LogP contribution is -2.39. The van der Waals surface area contributed by atoms with E-state index in [2.05, 4.69) is 43.0 Å². The van der Waals surface area contributed by atoms with E-state index in [4.69, 9.17) is 0 Å². The van der Waals surface area contributed by atoms with E-state index in [9.17, 15) is 0 Å². The Labute approximate surface area is 235 Å². The molecule has 1 aliphatic rings. The van der Waals surface area contributed by atoms with Crippen LogP contribution in [-0.2, 0) is 0 Å². The Balaban J connectivity index is 2.23. The van der Waals surface area contributed by atoms with Gasteiger partial charge in [0.15, 0.2) is 0 Å². The molecule has 0 saturated carbocycles. The van der Waals surface area contributed by atoms with E-state index in [1.165, 1.54) is 186 Å². The van der Waals surface area contributed by atoms with Crippen LogP contribution in [0.4, 0.5) is 0 Å². The monoisotopic (exact) mass is 519 g/mol. The Morgan fingerprint density at radius 3 is 0.946 bits per heavy atom. The van der Waals surface area contributed by atoms with Crippen molar-refractivity contribution < 1.29 is 0 Å². The van der Waals surface area contributed by atoms with Crippen LogP contribution in [0.25, 0.3) is 0 Å². The first-order chi connectivity index (χ1) is 18.3. The minimum absolute atomic E-state index is 0.642. The molecule has 0 aromatic carbocycles. The van der Waals surface area contributed by atoms with E-state index in [1.807, 2.05) is 0 Å². The molecule has 0 aromatic rings. The van der Waals surface area contributed by atoms with Crippen LogP contribution < -0.4 is 0 Å². The number of nitrogens with zero attached hydrogens (tertiary/aromatic N) is 2. The van der Waals surface area contributed by atoms with E-state index in [0.29, 0.717) is 6.17 Å². The van der Waals surface area contributed by atoms with Crippen molar-refractivity contribution in [2.24, 2.45) is 0 Å². The molecule has 2 heteroatoms. The van der Waals surface area contributed by atoms with Gasteiger partial charge in [0.25, 0.3) is 0 Å². The number of unbranched alkanes of at least 4 members (excludes halogenated alkanes) is 23. The maximum absolute atomic E-state index is 2.70. The molecule has 0 radical (unpaired) electrons. The fourth-order valence-corrected chi connectivity index (χ4v) is 6.01. The Morgan fingerprint density at radius 1 is 0.351 bits per heavy atom. The zero-order valence-corrected chi connectivity index (χ0v) is 26.1. The van der Waals surface area contributed by atoms with E-state index in [1.54, 1.807) is 0 Å². The van der Waals surface area contributed by atoms with Gasteiger partial charge in [0.1, 0.15) is 6.17 Å². The van der Waals surface area contributed by atoms with Crippen molar-refractivity contribution in [3.63, 3.8) is 0 Å². The van der Waals surface area contributed by atoms with Gasteiger partial charge in [-0.2, -0.15) is 0 Å². The fourth-order valence-electron chi connectivity index (χ4n) is 6.01. The smallest absolute Gasteiger partial charge is 0.101 e. The van der Waals surface area contributed by atoms with Crippen LogP contribution in [0.2, 0.25) is 0 Å². The summed E-state index contributed by atoms with van der Waals surface area (Å²) in [6, 6.07) is 0. The van der Waals surface area contributed by atoms with Crippen molar-refractivity contribution in [3.05, 3.63) is 12.4 Å². The van der Waals surface area contributed by atoms with Gasteiger partial charge in [0, 0.05) is 25.5 Å². The normalized spacial score (nSPS) is 15.4. The van der Waals surface area contributed by atoms with Crippen molar-refractivity contribution in [2.75, 3.05) is 13.1 Å². The first-order valence-corrected chi connectivity index (χ1v) is 17.5. The van der Waals surface area contributed by atoms with Crippen molar-refractivity contribution >= 4 is 0 Å². The molecule has 0 aromatic heterocycles. The molecule has 37 heavy (non-hydrogen) atoms. The Morgan fingerprint density at radius 2 is 0.622 bits per heavy atom. The Bertz CT molecular complexity index is 474. The molecule has 0 spiro atoms. The summed E-state index contributed by atoms with van der Waals surface area (Å²) in [5.41, 5.74) is 0. The molecular weight excluding hydrogens is 448 g/mol. The molecule has 1 rings (SSSR count). The molecule has 0 bridgehead atoms. The van der Waals surface area contributed by atoms with Crippen LogP contribution in [0.15, 0.2) is 12.4 Å². The van der Waals surface area contributed by atoms with Crippen molar-refractivity contribution in [3.8, 4) is 0 Å². The second-order valence-corrected chi connectivity index (χ2v) is 12.2. The topological polar surface area (TPSA) is 6.48 Å². The standard InChI is InChI=1S/C35H70N2/c1-4-7-10-13-16-18-19-20-22-24-27-30-35-36(31-28-25-15-12-9-6-3)33-34-37(35)32-29-26-23-21-17-14-11-8-5-2/h33-35H,4-32H2,1-3H3. The molecule has 220 valence electrons. The van der Waals surface area contributed by atoms with E-state index in [0.717, 1.165) is 0 Å². The molecule has 0 saturated heterocycles. The summed E-state index contributed by atoms with van der Waals surface area (Å²) in [6.45, 7) is 9.47. The van der Waals surface area contributed by atoms with Gasteiger partial charge in [-0.1, -0.05) is 168 Å². The lowest BCUT2D eigenvalue weighted by Gasteiger charge is -2.33. The summed E-state index contributed by atoms with van der Waals surface area (Å²) >= 11 is 0. The largest absolute Gasteiger partial charge is 0.356 e. The van der Waals surface area contributed by atoms with E-state index >= 15 is 0 Å². The molecular formula is C35H70N2. The summed E-state index contributed by atoms with van der Waals surface area (Å²) in [5.74, 6) is 0. The van der Waals surface area contributed by atoms with Crippen LogP contribution >= 0.6 is 0 Å². The van der Waals surface area contributed by atoms with Crippen LogP contribution in [0.3, 0.4) is 0 Å². The van der Waals surface area contributed by atoms with Gasteiger partial charge in [-0.25, -0.2) is 0 Å². The van der Waals surface area contributed by atoms with Gasteiger partial charge in [-0.05, 0) is 25.7 Å². The lowest BCUT2D eigenvalue weighted by atomic mass is 10.0. The number of hydrogen-bond donors (Lipinski definition) is 0. The zero-order valence-electron chi connectivity index (χ0n) is 26.1. The highest BCUT2D eigenvalue weighted by Crippen LogP contribution is 2.24. The van der Waals surface area contributed by atoms with Crippen LogP contribution in [0, 0.1) is 0 Å². The highest BCUT2D eigenvalue weighted by molar-refractivity contribution is 4.97. The van der Waals surface area contributed by atoms with Gasteiger partial charge in [0.05, 0.1) is 0 Å². The summed E-state index contributed by atoms with van der Waals surface area (Å²) in [4.78, 5) is 5.40. The Hall–Kier alpha value is -0.660. The molecule has 1 unspecified atom stereocenters. The fraction of sp³-hybridized carbons (Fsp3) is 0.943. The van der Waals surface area contributed by atoms with Crippen molar-refractivity contribution in [1.29, 1.82) is 0 Å². The molecule has 0 fully saturated rings. The zero-order chi connectivity index (χ0) is 26.7.